The second kappa shape index (κ2) is 7.01. The van der Waals surface area contributed by atoms with Crippen LogP contribution in [0.4, 0.5) is 10.5 Å². The Hall–Kier alpha value is -3.13. The maximum absolute atomic E-state index is 12.3. The third-order valence-electron chi connectivity index (χ3n) is 3.79. The molecule has 0 aliphatic rings. The van der Waals surface area contributed by atoms with Gasteiger partial charge in [0.05, 0.1) is 22.5 Å². The van der Waals surface area contributed by atoms with E-state index in [1.165, 1.54) is 18.3 Å². The number of nitrogens with zero attached hydrogens (tertiary/aromatic N) is 2. The highest BCUT2D eigenvalue weighted by Crippen LogP contribution is 2.27. The van der Waals surface area contributed by atoms with E-state index in [4.69, 9.17) is 0 Å². The van der Waals surface area contributed by atoms with Crippen molar-refractivity contribution in [1.29, 1.82) is 0 Å². The van der Waals surface area contributed by atoms with Crippen molar-refractivity contribution >= 4 is 21.7 Å². The van der Waals surface area contributed by atoms with Crippen molar-refractivity contribution < 1.29 is 13.2 Å². The second-order valence-electron chi connectivity index (χ2n) is 5.77. The molecule has 0 unspecified atom stereocenters. The normalized spacial score (nSPS) is 11.2. The molecule has 0 bridgehead atoms. The molecule has 3 aromatic rings. The molecule has 2 aromatic carbocycles. The molecule has 0 saturated carbocycles. The topological polar surface area (TPSA) is 93.1 Å². The number of aryl methyl sites for hydroxylation is 2. The number of hydrogen-bond acceptors (Lipinski definition) is 4. The van der Waals surface area contributed by atoms with Gasteiger partial charge in [0.1, 0.15) is 0 Å². The van der Waals surface area contributed by atoms with Gasteiger partial charge in [-0.15, -0.1) is 0 Å². The van der Waals surface area contributed by atoms with Gasteiger partial charge in [0.2, 0.25) is 0 Å². The molecule has 0 saturated heterocycles. The molecule has 26 heavy (non-hydrogen) atoms. The molecule has 0 radical (unpaired) electrons. The van der Waals surface area contributed by atoms with Gasteiger partial charge in [-0.05, 0) is 19.1 Å². The first-order chi connectivity index (χ1) is 12.4. The van der Waals surface area contributed by atoms with Crippen molar-refractivity contribution in [2.45, 2.75) is 11.8 Å². The summed E-state index contributed by atoms with van der Waals surface area (Å²) < 4.78 is 28.2. The Labute approximate surface area is 151 Å². The standard InChI is InChI=1S/C18H18N4O3S/c1-13-8-10-15(11-9-13)26(24,25)21-18(23)20-16-12-19-22(2)17(16)14-6-4-3-5-7-14/h3-12H,1-2H3,(H2,20,21,23). The van der Waals surface area contributed by atoms with Crippen LogP contribution in [0.3, 0.4) is 0 Å². The largest absolute Gasteiger partial charge is 0.333 e. The van der Waals surface area contributed by atoms with E-state index < -0.39 is 16.1 Å². The first-order valence-corrected chi connectivity index (χ1v) is 9.33. The van der Waals surface area contributed by atoms with Gasteiger partial charge in [0, 0.05) is 12.6 Å². The van der Waals surface area contributed by atoms with Crippen LogP contribution in [-0.2, 0) is 17.1 Å². The van der Waals surface area contributed by atoms with E-state index in [1.54, 1.807) is 23.9 Å². The predicted molar refractivity (Wildman–Crippen MR) is 99.2 cm³/mol. The van der Waals surface area contributed by atoms with E-state index in [1.807, 2.05) is 42.0 Å². The molecule has 0 fully saturated rings. The van der Waals surface area contributed by atoms with Gasteiger partial charge in [0.25, 0.3) is 10.0 Å². The minimum absolute atomic E-state index is 0.0210. The van der Waals surface area contributed by atoms with Crippen molar-refractivity contribution in [3.05, 3.63) is 66.4 Å². The quantitative estimate of drug-likeness (QED) is 0.738. The maximum Gasteiger partial charge on any atom is 0.333 e. The fourth-order valence-corrected chi connectivity index (χ4v) is 3.42. The highest BCUT2D eigenvalue weighted by Gasteiger charge is 2.19. The summed E-state index contributed by atoms with van der Waals surface area (Å²) in [7, 11) is -2.21. The summed E-state index contributed by atoms with van der Waals surface area (Å²) in [5.41, 5.74) is 2.87. The van der Waals surface area contributed by atoms with Crippen LogP contribution in [-0.4, -0.2) is 24.2 Å². The van der Waals surface area contributed by atoms with Gasteiger partial charge in [-0.3, -0.25) is 4.68 Å². The number of benzene rings is 2. The Morgan fingerprint density at radius 2 is 1.69 bits per heavy atom. The van der Waals surface area contributed by atoms with Crippen LogP contribution in [0.15, 0.2) is 65.7 Å². The summed E-state index contributed by atoms with van der Waals surface area (Å²) >= 11 is 0. The number of urea groups is 1. The zero-order chi connectivity index (χ0) is 18.7. The van der Waals surface area contributed by atoms with E-state index in [-0.39, 0.29) is 4.90 Å². The molecule has 8 heteroatoms. The molecule has 3 rings (SSSR count). The summed E-state index contributed by atoms with van der Waals surface area (Å²) in [6.07, 6.45) is 1.47. The van der Waals surface area contributed by atoms with Crippen LogP contribution in [0.2, 0.25) is 0 Å². The molecule has 0 aliphatic heterocycles. The lowest BCUT2D eigenvalue weighted by Gasteiger charge is -2.10. The number of aromatic nitrogens is 2. The van der Waals surface area contributed by atoms with E-state index in [9.17, 15) is 13.2 Å². The lowest BCUT2D eigenvalue weighted by atomic mass is 10.1. The number of hydrogen-bond donors (Lipinski definition) is 2. The Kier molecular flexibility index (Phi) is 4.77. The summed E-state index contributed by atoms with van der Waals surface area (Å²) in [5, 5.41) is 6.69. The molecule has 1 aromatic heterocycles. The average molecular weight is 370 g/mol. The van der Waals surface area contributed by atoms with Gasteiger partial charge in [-0.1, -0.05) is 48.0 Å². The Morgan fingerprint density at radius 1 is 1.04 bits per heavy atom. The molecule has 0 atom stereocenters. The lowest BCUT2D eigenvalue weighted by molar-refractivity contribution is 0.256. The molecule has 1 heterocycles. The zero-order valence-corrected chi connectivity index (χ0v) is 15.1. The number of nitrogens with one attached hydrogen (secondary N) is 2. The van der Waals surface area contributed by atoms with Gasteiger partial charge in [-0.25, -0.2) is 17.9 Å². The van der Waals surface area contributed by atoms with Crippen LogP contribution in [0.25, 0.3) is 11.3 Å². The number of anilines is 1. The lowest BCUT2D eigenvalue weighted by Crippen LogP contribution is -2.34. The Balaban J connectivity index is 1.80. The van der Waals surface area contributed by atoms with E-state index >= 15 is 0 Å². The van der Waals surface area contributed by atoms with Crippen molar-refractivity contribution in [2.24, 2.45) is 7.05 Å². The molecular formula is C18H18N4O3S. The fourth-order valence-electron chi connectivity index (χ4n) is 2.51. The van der Waals surface area contributed by atoms with Gasteiger partial charge in [0.15, 0.2) is 0 Å². The zero-order valence-electron chi connectivity index (χ0n) is 14.3. The summed E-state index contributed by atoms with van der Waals surface area (Å²) in [4.78, 5) is 12.2. The third-order valence-corrected chi connectivity index (χ3v) is 5.14. The van der Waals surface area contributed by atoms with Crippen LogP contribution in [0.1, 0.15) is 5.56 Å². The monoisotopic (exact) mass is 370 g/mol. The van der Waals surface area contributed by atoms with Crippen molar-refractivity contribution in [3.63, 3.8) is 0 Å². The highest BCUT2D eigenvalue weighted by atomic mass is 32.2. The number of sulfonamides is 1. The van der Waals surface area contributed by atoms with Crippen molar-refractivity contribution in [1.82, 2.24) is 14.5 Å². The summed E-state index contributed by atoms with van der Waals surface area (Å²) in [6, 6.07) is 14.8. The molecule has 0 aliphatic carbocycles. The molecule has 2 amide bonds. The number of carbonyl (C=O) groups excluding carboxylic acids is 1. The van der Waals surface area contributed by atoms with Gasteiger partial charge < -0.3 is 5.32 Å². The Bertz CT molecular complexity index is 1030. The fraction of sp³-hybridized carbons (Fsp3) is 0.111. The van der Waals surface area contributed by atoms with E-state index in [2.05, 4.69) is 10.4 Å². The molecule has 2 N–H and O–H groups in total. The van der Waals surface area contributed by atoms with Crippen LogP contribution >= 0.6 is 0 Å². The molecule has 7 nitrogen and oxygen atoms in total. The molecular weight excluding hydrogens is 352 g/mol. The van der Waals surface area contributed by atoms with Crippen molar-refractivity contribution in [2.75, 3.05) is 5.32 Å². The van der Waals surface area contributed by atoms with Crippen LogP contribution < -0.4 is 10.0 Å². The predicted octanol–water partition coefficient (Wildman–Crippen LogP) is 2.91. The second-order valence-corrected chi connectivity index (χ2v) is 7.45. The third kappa shape index (κ3) is 3.75. The number of rotatable bonds is 4. The first-order valence-electron chi connectivity index (χ1n) is 7.85. The maximum atomic E-state index is 12.3. The smallest absolute Gasteiger partial charge is 0.304 e. The summed E-state index contributed by atoms with van der Waals surface area (Å²) in [6.45, 7) is 1.85. The minimum Gasteiger partial charge on any atom is -0.304 e. The Morgan fingerprint density at radius 3 is 2.35 bits per heavy atom. The van der Waals surface area contributed by atoms with E-state index in [0.717, 1.165) is 11.1 Å². The van der Waals surface area contributed by atoms with E-state index in [0.29, 0.717) is 11.4 Å². The number of amides is 2. The number of carbonyl (C=O) groups is 1. The van der Waals surface area contributed by atoms with Crippen LogP contribution in [0.5, 0.6) is 0 Å². The molecule has 0 spiro atoms. The SMILES string of the molecule is Cc1ccc(S(=O)(=O)NC(=O)Nc2cnn(C)c2-c2ccccc2)cc1. The first kappa shape index (κ1) is 17.7. The van der Waals surface area contributed by atoms with Crippen molar-refractivity contribution in [3.8, 4) is 11.3 Å². The van der Waals surface area contributed by atoms with Gasteiger partial charge in [-0.2, -0.15) is 5.10 Å². The van der Waals surface area contributed by atoms with Gasteiger partial charge >= 0.3 is 6.03 Å². The molecule has 134 valence electrons. The average Bonchev–Trinajstić information content (AvgIpc) is 2.95. The van der Waals surface area contributed by atoms with Crippen LogP contribution in [0, 0.1) is 6.92 Å². The highest BCUT2D eigenvalue weighted by molar-refractivity contribution is 7.90. The minimum atomic E-state index is -3.96. The summed E-state index contributed by atoms with van der Waals surface area (Å²) in [5.74, 6) is 0.